The molecule has 0 unspecified atom stereocenters. The van der Waals surface area contributed by atoms with E-state index >= 15 is 0 Å². The van der Waals surface area contributed by atoms with Gasteiger partial charge in [0.1, 0.15) is 5.69 Å². The van der Waals surface area contributed by atoms with Crippen LogP contribution >= 0.6 is 0 Å². The maximum atomic E-state index is 11.2. The minimum absolute atomic E-state index is 0.00172. The molecule has 0 amide bonds. The SMILES string of the molecule is Cc1ccc(N2CCCCC2(C)C)c([N+](=O)[O-])c1. The molecule has 1 aromatic rings. The van der Waals surface area contributed by atoms with E-state index < -0.39 is 0 Å². The lowest BCUT2D eigenvalue weighted by atomic mass is 9.89. The fourth-order valence-electron chi connectivity index (χ4n) is 2.72. The highest BCUT2D eigenvalue weighted by atomic mass is 16.6. The van der Waals surface area contributed by atoms with Gasteiger partial charge in [-0.25, -0.2) is 0 Å². The summed E-state index contributed by atoms with van der Waals surface area (Å²) in [6.45, 7) is 7.11. The lowest BCUT2D eigenvalue weighted by Crippen LogP contribution is -2.47. The summed E-state index contributed by atoms with van der Waals surface area (Å²) in [5, 5.41) is 11.2. The molecule has 2 rings (SSSR count). The molecule has 1 heterocycles. The van der Waals surface area contributed by atoms with Gasteiger partial charge in [0.25, 0.3) is 5.69 Å². The van der Waals surface area contributed by atoms with Crippen LogP contribution in [-0.2, 0) is 0 Å². The average Bonchev–Trinajstić information content (AvgIpc) is 2.29. The molecule has 1 fully saturated rings. The summed E-state index contributed by atoms with van der Waals surface area (Å²) in [6, 6.07) is 5.51. The van der Waals surface area contributed by atoms with Crippen LogP contribution in [0.1, 0.15) is 38.7 Å². The van der Waals surface area contributed by atoms with Gasteiger partial charge in [0, 0.05) is 18.2 Å². The maximum absolute atomic E-state index is 11.2. The molecule has 1 aromatic carbocycles. The number of piperidine rings is 1. The fourth-order valence-corrected chi connectivity index (χ4v) is 2.72. The van der Waals surface area contributed by atoms with Crippen molar-refractivity contribution >= 4 is 11.4 Å². The zero-order chi connectivity index (χ0) is 13.3. The topological polar surface area (TPSA) is 46.4 Å². The number of anilines is 1. The van der Waals surface area contributed by atoms with Crippen LogP contribution in [0, 0.1) is 17.0 Å². The van der Waals surface area contributed by atoms with Crippen LogP contribution in [0.5, 0.6) is 0 Å². The summed E-state index contributed by atoms with van der Waals surface area (Å²) >= 11 is 0. The van der Waals surface area contributed by atoms with E-state index in [1.165, 1.54) is 6.42 Å². The summed E-state index contributed by atoms with van der Waals surface area (Å²) in [6.07, 6.45) is 3.38. The molecule has 98 valence electrons. The second kappa shape index (κ2) is 4.59. The molecule has 0 aromatic heterocycles. The van der Waals surface area contributed by atoms with Crippen LogP contribution < -0.4 is 4.90 Å². The molecular weight excluding hydrogens is 228 g/mol. The fraction of sp³-hybridized carbons (Fsp3) is 0.571. The van der Waals surface area contributed by atoms with E-state index in [4.69, 9.17) is 0 Å². The van der Waals surface area contributed by atoms with Crippen molar-refractivity contribution in [3.05, 3.63) is 33.9 Å². The van der Waals surface area contributed by atoms with Crippen molar-refractivity contribution in [2.75, 3.05) is 11.4 Å². The predicted molar refractivity (Wildman–Crippen MR) is 73.1 cm³/mol. The zero-order valence-electron chi connectivity index (χ0n) is 11.3. The minimum atomic E-state index is -0.271. The van der Waals surface area contributed by atoms with Gasteiger partial charge in [-0.1, -0.05) is 6.07 Å². The van der Waals surface area contributed by atoms with Crippen LogP contribution in [0.3, 0.4) is 0 Å². The van der Waals surface area contributed by atoms with Crippen LogP contribution in [0.15, 0.2) is 18.2 Å². The lowest BCUT2D eigenvalue weighted by molar-refractivity contribution is -0.384. The first-order chi connectivity index (χ1) is 8.42. The van der Waals surface area contributed by atoms with Gasteiger partial charge in [-0.15, -0.1) is 0 Å². The van der Waals surface area contributed by atoms with Gasteiger partial charge in [-0.05, 0) is 51.7 Å². The molecule has 4 nitrogen and oxygen atoms in total. The smallest absolute Gasteiger partial charge is 0.292 e. The molecule has 0 aliphatic carbocycles. The molecule has 0 spiro atoms. The van der Waals surface area contributed by atoms with Gasteiger partial charge in [0.05, 0.1) is 4.92 Å². The van der Waals surface area contributed by atoms with E-state index in [-0.39, 0.29) is 16.1 Å². The molecule has 0 atom stereocenters. The number of nitro benzene ring substituents is 1. The van der Waals surface area contributed by atoms with Crippen molar-refractivity contribution in [3.63, 3.8) is 0 Å². The first kappa shape index (κ1) is 12.9. The highest BCUT2D eigenvalue weighted by molar-refractivity contribution is 5.65. The molecule has 18 heavy (non-hydrogen) atoms. The highest BCUT2D eigenvalue weighted by Gasteiger charge is 2.33. The molecule has 0 radical (unpaired) electrons. The quantitative estimate of drug-likeness (QED) is 0.592. The average molecular weight is 248 g/mol. The van der Waals surface area contributed by atoms with Crippen molar-refractivity contribution < 1.29 is 4.92 Å². The van der Waals surface area contributed by atoms with E-state index in [9.17, 15) is 10.1 Å². The molecule has 0 bridgehead atoms. The number of hydrogen-bond acceptors (Lipinski definition) is 3. The molecule has 1 aliphatic heterocycles. The van der Waals surface area contributed by atoms with Gasteiger partial charge in [0.2, 0.25) is 0 Å². The Morgan fingerprint density at radius 3 is 2.67 bits per heavy atom. The standard InChI is InChI=1S/C14H20N2O2/c1-11-6-7-12(13(10-11)16(17)18)15-9-5-4-8-14(15,2)3/h6-7,10H,4-5,8-9H2,1-3H3. The van der Waals surface area contributed by atoms with E-state index in [0.717, 1.165) is 30.6 Å². The summed E-state index contributed by atoms with van der Waals surface area (Å²) < 4.78 is 0. The molecule has 0 N–H and O–H groups in total. The normalized spacial score (nSPS) is 18.7. The maximum Gasteiger partial charge on any atom is 0.292 e. The second-order valence-corrected chi connectivity index (χ2v) is 5.67. The first-order valence-electron chi connectivity index (χ1n) is 6.44. The van der Waals surface area contributed by atoms with E-state index in [2.05, 4.69) is 18.7 Å². The number of benzene rings is 1. The Labute approximate surface area is 108 Å². The summed E-state index contributed by atoms with van der Waals surface area (Å²) in [7, 11) is 0. The van der Waals surface area contributed by atoms with Gasteiger partial charge in [0.15, 0.2) is 0 Å². The van der Waals surface area contributed by atoms with Crippen molar-refractivity contribution in [1.29, 1.82) is 0 Å². The van der Waals surface area contributed by atoms with Crippen molar-refractivity contribution in [3.8, 4) is 0 Å². The Hall–Kier alpha value is -1.58. The summed E-state index contributed by atoms with van der Waals surface area (Å²) in [5.41, 5.74) is 1.92. The third-order valence-electron chi connectivity index (χ3n) is 3.77. The third kappa shape index (κ3) is 2.33. The Morgan fingerprint density at radius 1 is 1.33 bits per heavy atom. The number of hydrogen-bond donors (Lipinski definition) is 0. The Balaban J connectivity index is 2.46. The Morgan fingerprint density at radius 2 is 2.06 bits per heavy atom. The molecule has 1 aliphatic rings. The number of rotatable bonds is 2. The van der Waals surface area contributed by atoms with Crippen LogP contribution in [0.25, 0.3) is 0 Å². The number of nitro groups is 1. The Bertz CT molecular complexity index is 469. The number of aryl methyl sites for hydroxylation is 1. The summed E-state index contributed by atoms with van der Waals surface area (Å²) in [5.74, 6) is 0. The zero-order valence-corrected chi connectivity index (χ0v) is 11.3. The van der Waals surface area contributed by atoms with Crippen molar-refractivity contribution in [2.45, 2.75) is 45.6 Å². The lowest BCUT2D eigenvalue weighted by Gasteiger charge is -2.43. The van der Waals surface area contributed by atoms with E-state index in [1.54, 1.807) is 6.07 Å². The van der Waals surface area contributed by atoms with E-state index in [0.29, 0.717) is 0 Å². The monoisotopic (exact) mass is 248 g/mol. The largest absolute Gasteiger partial charge is 0.361 e. The van der Waals surface area contributed by atoms with Gasteiger partial charge in [-0.3, -0.25) is 10.1 Å². The van der Waals surface area contributed by atoms with Crippen LogP contribution in [-0.4, -0.2) is 17.0 Å². The minimum Gasteiger partial charge on any atom is -0.361 e. The molecular formula is C14H20N2O2. The van der Waals surface area contributed by atoms with E-state index in [1.807, 2.05) is 19.1 Å². The van der Waals surface area contributed by atoms with Gasteiger partial charge < -0.3 is 4.90 Å². The third-order valence-corrected chi connectivity index (χ3v) is 3.77. The Kier molecular flexibility index (Phi) is 3.28. The first-order valence-corrected chi connectivity index (χ1v) is 6.44. The van der Waals surface area contributed by atoms with Crippen molar-refractivity contribution in [2.24, 2.45) is 0 Å². The highest BCUT2D eigenvalue weighted by Crippen LogP contribution is 2.37. The van der Waals surface area contributed by atoms with Crippen LogP contribution in [0.2, 0.25) is 0 Å². The van der Waals surface area contributed by atoms with Gasteiger partial charge >= 0.3 is 0 Å². The number of nitrogens with zero attached hydrogens (tertiary/aromatic N) is 2. The molecule has 4 heteroatoms. The van der Waals surface area contributed by atoms with Crippen LogP contribution in [0.4, 0.5) is 11.4 Å². The molecule has 1 saturated heterocycles. The summed E-state index contributed by atoms with van der Waals surface area (Å²) in [4.78, 5) is 13.1. The molecule has 0 saturated carbocycles. The second-order valence-electron chi connectivity index (χ2n) is 5.67. The van der Waals surface area contributed by atoms with Crippen molar-refractivity contribution in [1.82, 2.24) is 0 Å². The predicted octanol–water partition coefficient (Wildman–Crippen LogP) is 3.67. The van der Waals surface area contributed by atoms with Gasteiger partial charge in [-0.2, -0.15) is 0 Å².